The van der Waals surface area contributed by atoms with E-state index in [1.807, 2.05) is 6.92 Å². The van der Waals surface area contributed by atoms with Gasteiger partial charge in [-0.15, -0.1) is 0 Å². The highest BCUT2D eigenvalue weighted by Gasteiger charge is 2.42. The molecular weight excluding hydrogens is 429 g/mol. The lowest BCUT2D eigenvalue weighted by Crippen LogP contribution is -2.42. The molecule has 1 saturated heterocycles. The summed E-state index contributed by atoms with van der Waals surface area (Å²) >= 11 is 0. The number of aliphatic hydroxyl groups excluding tert-OH is 1. The van der Waals surface area contributed by atoms with Gasteiger partial charge in [-0.05, 0) is 20.3 Å². The lowest BCUT2D eigenvalue weighted by atomic mass is 10.2. The van der Waals surface area contributed by atoms with Crippen molar-refractivity contribution in [2.75, 3.05) is 23.7 Å². The third-order valence-corrected chi connectivity index (χ3v) is 5.87. The normalized spacial score (nSPS) is 20.4. The van der Waals surface area contributed by atoms with Crippen molar-refractivity contribution in [2.45, 2.75) is 51.2 Å². The Bertz CT molecular complexity index is 1010. The van der Waals surface area contributed by atoms with Crippen LogP contribution in [0.5, 0.6) is 0 Å². The van der Waals surface area contributed by atoms with Gasteiger partial charge in [0.15, 0.2) is 23.1 Å². The molecule has 3 rings (SSSR count). The van der Waals surface area contributed by atoms with Crippen molar-refractivity contribution in [3.05, 3.63) is 6.33 Å². The quantitative estimate of drug-likeness (QED) is 0.467. The molecular formula is C15H23F3N8O3S. The van der Waals surface area contributed by atoms with Crippen LogP contribution in [0.3, 0.4) is 0 Å². The van der Waals surface area contributed by atoms with Gasteiger partial charge in [-0.1, -0.05) is 0 Å². The van der Waals surface area contributed by atoms with E-state index in [9.17, 15) is 26.7 Å². The molecule has 0 bridgehead atoms. The lowest BCUT2D eigenvalue weighted by molar-refractivity contribution is -0.206. The van der Waals surface area contributed by atoms with Gasteiger partial charge in [0.1, 0.15) is 0 Å². The second-order valence-corrected chi connectivity index (χ2v) is 8.60. The number of nitrogens with two attached hydrogens (primary N) is 1. The zero-order valence-corrected chi connectivity index (χ0v) is 17.1. The number of hydrogen-bond acceptors (Lipinski definition) is 8. The molecule has 2 aromatic rings. The fourth-order valence-corrected chi connectivity index (χ4v) is 3.93. The molecule has 15 heteroatoms. The molecule has 0 aliphatic carbocycles. The van der Waals surface area contributed by atoms with Crippen LogP contribution in [0.1, 0.15) is 20.3 Å². The van der Waals surface area contributed by atoms with Crippen molar-refractivity contribution in [1.29, 1.82) is 0 Å². The van der Waals surface area contributed by atoms with E-state index in [1.165, 1.54) is 6.33 Å². The van der Waals surface area contributed by atoms with Crippen molar-refractivity contribution < 1.29 is 26.7 Å². The molecule has 30 heavy (non-hydrogen) atoms. The molecule has 5 N–H and O–H groups in total. The number of alkyl halides is 3. The molecule has 1 fully saturated rings. The summed E-state index contributed by atoms with van der Waals surface area (Å²) in [5.74, 6) is 0.113. The Hall–Kier alpha value is -2.23. The molecule has 3 atom stereocenters. The average Bonchev–Trinajstić information content (AvgIpc) is 3.26. The monoisotopic (exact) mass is 452 g/mol. The Morgan fingerprint density at radius 1 is 1.40 bits per heavy atom. The minimum Gasteiger partial charge on any atom is -0.382 e. The van der Waals surface area contributed by atoms with E-state index in [1.54, 1.807) is 4.57 Å². The van der Waals surface area contributed by atoms with Crippen LogP contribution in [0.4, 0.5) is 24.9 Å². The molecule has 2 aromatic heterocycles. The molecule has 0 spiro atoms. The summed E-state index contributed by atoms with van der Waals surface area (Å²) < 4.78 is 64.2. The van der Waals surface area contributed by atoms with E-state index in [-0.39, 0.29) is 30.9 Å². The molecule has 1 aliphatic rings. The summed E-state index contributed by atoms with van der Waals surface area (Å²) in [5, 5.41) is 20.2. The molecule has 0 saturated carbocycles. The fraction of sp³-hybridized carbons (Fsp3) is 0.667. The van der Waals surface area contributed by atoms with E-state index >= 15 is 0 Å². The van der Waals surface area contributed by atoms with E-state index < -0.39 is 28.5 Å². The van der Waals surface area contributed by atoms with Crippen molar-refractivity contribution in [3.8, 4) is 0 Å². The number of nitrogens with one attached hydrogen (secondary N) is 2. The van der Waals surface area contributed by atoms with Crippen LogP contribution in [0.2, 0.25) is 0 Å². The van der Waals surface area contributed by atoms with Crippen LogP contribution in [0.25, 0.3) is 11.2 Å². The predicted molar refractivity (Wildman–Crippen MR) is 103 cm³/mol. The maximum atomic E-state index is 12.8. The van der Waals surface area contributed by atoms with Crippen LogP contribution in [-0.4, -0.2) is 74.8 Å². The first-order valence-electron chi connectivity index (χ1n) is 9.18. The second kappa shape index (κ2) is 8.13. The van der Waals surface area contributed by atoms with Gasteiger partial charge in [0, 0.05) is 25.7 Å². The van der Waals surface area contributed by atoms with Crippen molar-refractivity contribution in [1.82, 2.24) is 23.8 Å². The Morgan fingerprint density at radius 3 is 2.67 bits per heavy atom. The minimum absolute atomic E-state index is 0.116. The zero-order valence-electron chi connectivity index (χ0n) is 16.3. The Labute approximate surface area is 170 Å². The standard InChI is InChI=1S/C15H23F3N8O3S/c1-3-25-7-20-10-12(22-9-4-5-26(6-9)30(19,28)29)23-14(24-13(10)25)21-8(2)11(27)15(16,17)18/h7-9,11,27H,3-6H2,1-2H3,(H2,19,28,29)(H2,21,22,23,24). The first-order chi connectivity index (χ1) is 13.9. The summed E-state index contributed by atoms with van der Waals surface area (Å²) in [5.41, 5.74) is 0.771. The van der Waals surface area contributed by atoms with E-state index in [0.717, 1.165) is 11.2 Å². The van der Waals surface area contributed by atoms with Crippen molar-refractivity contribution in [3.63, 3.8) is 0 Å². The summed E-state index contributed by atoms with van der Waals surface area (Å²) in [6.07, 6.45) is -5.43. The first-order valence-corrected chi connectivity index (χ1v) is 10.7. The van der Waals surface area contributed by atoms with Gasteiger partial charge in [0.25, 0.3) is 10.2 Å². The number of aliphatic hydroxyl groups is 1. The molecule has 0 amide bonds. The molecule has 3 unspecified atom stereocenters. The molecule has 11 nitrogen and oxygen atoms in total. The summed E-state index contributed by atoms with van der Waals surface area (Å²) in [6.45, 7) is 3.87. The number of fused-ring (bicyclic) bond motifs is 1. The van der Waals surface area contributed by atoms with Gasteiger partial charge in [-0.25, -0.2) is 10.1 Å². The summed E-state index contributed by atoms with van der Waals surface area (Å²) in [7, 11) is -3.82. The number of anilines is 2. The van der Waals surface area contributed by atoms with Crippen LogP contribution in [-0.2, 0) is 16.8 Å². The second-order valence-electron chi connectivity index (χ2n) is 7.05. The van der Waals surface area contributed by atoms with E-state index in [0.29, 0.717) is 24.1 Å². The first kappa shape index (κ1) is 22.5. The maximum Gasteiger partial charge on any atom is 0.416 e. The van der Waals surface area contributed by atoms with Crippen LogP contribution >= 0.6 is 0 Å². The Morgan fingerprint density at radius 2 is 2.10 bits per heavy atom. The fourth-order valence-electron chi connectivity index (χ4n) is 3.18. The topological polar surface area (TPSA) is 151 Å². The highest BCUT2D eigenvalue weighted by molar-refractivity contribution is 7.86. The van der Waals surface area contributed by atoms with Crippen LogP contribution in [0, 0.1) is 0 Å². The van der Waals surface area contributed by atoms with E-state index in [2.05, 4.69) is 25.6 Å². The minimum atomic E-state index is -4.80. The molecule has 1 aliphatic heterocycles. The largest absolute Gasteiger partial charge is 0.416 e. The molecule has 0 aromatic carbocycles. The van der Waals surface area contributed by atoms with Gasteiger partial charge in [-0.3, -0.25) is 0 Å². The number of halogens is 3. The van der Waals surface area contributed by atoms with Gasteiger partial charge in [0.05, 0.1) is 12.4 Å². The number of imidazole rings is 1. The van der Waals surface area contributed by atoms with Gasteiger partial charge >= 0.3 is 6.18 Å². The number of hydrogen-bond donors (Lipinski definition) is 4. The third-order valence-electron chi connectivity index (χ3n) is 4.82. The highest BCUT2D eigenvalue weighted by Crippen LogP contribution is 2.26. The van der Waals surface area contributed by atoms with Crippen molar-refractivity contribution >= 4 is 33.1 Å². The summed E-state index contributed by atoms with van der Waals surface area (Å²) in [6, 6.07) is -1.73. The smallest absolute Gasteiger partial charge is 0.382 e. The van der Waals surface area contributed by atoms with Gasteiger partial charge in [0.2, 0.25) is 5.95 Å². The Kier molecular flexibility index (Phi) is 6.08. The number of aromatic nitrogens is 4. The molecule has 3 heterocycles. The SMILES string of the molecule is CCn1cnc2c(NC3CCN(S(N)(=O)=O)C3)nc(NC(C)C(O)C(F)(F)F)nc21. The Balaban J connectivity index is 1.89. The number of aryl methyl sites for hydroxylation is 1. The highest BCUT2D eigenvalue weighted by atomic mass is 32.2. The van der Waals surface area contributed by atoms with Gasteiger partial charge in [-0.2, -0.15) is 35.9 Å². The van der Waals surface area contributed by atoms with Crippen LogP contribution < -0.4 is 15.8 Å². The molecule has 168 valence electrons. The van der Waals surface area contributed by atoms with E-state index in [4.69, 9.17) is 5.14 Å². The predicted octanol–water partition coefficient (Wildman–Crippen LogP) is 0.260. The van der Waals surface area contributed by atoms with Gasteiger partial charge < -0.3 is 20.3 Å². The van der Waals surface area contributed by atoms with Crippen molar-refractivity contribution in [2.24, 2.45) is 5.14 Å². The average molecular weight is 452 g/mol. The number of nitrogens with zero attached hydrogens (tertiary/aromatic N) is 5. The molecule has 0 radical (unpaired) electrons. The number of rotatable bonds is 7. The van der Waals surface area contributed by atoms with Crippen LogP contribution in [0.15, 0.2) is 6.33 Å². The maximum absolute atomic E-state index is 12.8. The lowest BCUT2D eigenvalue weighted by Gasteiger charge is -2.23. The third kappa shape index (κ3) is 4.74. The summed E-state index contributed by atoms with van der Waals surface area (Å²) in [4.78, 5) is 12.7. The zero-order chi connectivity index (χ0) is 22.3.